The lowest BCUT2D eigenvalue weighted by Crippen LogP contribution is -2.68. The molecule has 3 saturated carbocycles. The molecule has 0 spiro atoms. The van der Waals surface area contributed by atoms with Crippen molar-refractivity contribution in [2.24, 2.45) is 46.3 Å². The molecular formula is C63H104O33S. The molecule has 17 N–H and O–H groups in total. The molecule has 0 aromatic carbocycles. The number of fused-ring (bicyclic) bond motifs is 5. The van der Waals surface area contributed by atoms with Crippen LogP contribution in [0.3, 0.4) is 0 Å². The van der Waals surface area contributed by atoms with Crippen LogP contribution in [-0.4, -0.2) is 323 Å². The van der Waals surface area contributed by atoms with Gasteiger partial charge in [0.05, 0.1) is 62.0 Å². The molecule has 10 fully saturated rings. The van der Waals surface area contributed by atoms with E-state index >= 15 is 0 Å². The van der Waals surface area contributed by atoms with E-state index in [-0.39, 0.29) is 48.7 Å². The van der Waals surface area contributed by atoms with Gasteiger partial charge in [0, 0.05) is 0 Å². The Kier molecular flexibility index (Phi) is 23.2. The maximum Gasteiger partial charge on any atom is 0.397 e. The number of ether oxygens (including phenoxy) is 13. The summed E-state index contributed by atoms with van der Waals surface area (Å²) in [5.74, 6) is -0.224. The molecule has 97 heavy (non-hydrogen) atoms. The van der Waals surface area contributed by atoms with Gasteiger partial charge in [-0.2, -0.15) is 8.42 Å². The summed E-state index contributed by atoms with van der Waals surface area (Å²) in [6.45, 7) is 14.1. The van der Waals surface area contributed by atoms with Gasteiger partial charge >= 0.3 is 10.4 Å². The fourth-order valence-electron chi connectivity index (χ4n) is 17.7. The molecule has 34 heteroatoms. The summed E-state index contributed by atoms with van der Waals surface area (Å²) in [6, 6.07) is 0. The smallest absolute Gasteiger partial charge is 0.394 e. The highest BCUT2D eigenvalue weighted by molar-refractivity contribution is 7.80. The predicted octanol–water partition coefficient (Wildman–Crippen LogP) is -4.80. The van der Waals surface area contributed by atoms with Gasteiger partial charge in [-0.1, -0.05) is 46.3 Å². The van der Waals surface area contributed by atoms with E-state index in [2.05, 4.69) is 40.7 Å². The Morgan fingerprint density at radius 2 is 1.06 bits per heavy atom. The highest BCUT2D eigenvalue weighted by atomic mass is 32.3. The van der Waals surface area contributed by atoms with Gasteiger partial charge in [-0.15, -0.1) is 0 Å². The lowest BCUT2D eigenvalue weighted by molar-refractivity contribution is -0.406. The van der Waals surface area contributed by atoms with E-state index in [0.29, 0.717) is 31.6 Å². The SMILES string of the molecule is CC1OC(OC2C(OC3C(O)C(C)OC(O[C@H]4CC5C(=CC[C@@]6(C)C5CCC6[C@@](C)(O)[C@@H]5OC5[C@@H](C)C(C)C)[C@@]5(C)CC[C@H](OS(=O)(=O)O)C[C@H]45)C3O)OCC(OC3OC(CO)C(OC4OC(CO)C(O)C(O)C4O)C(O)C3OC3OC(C)C(O)C(O)C3O)C2O)C(O)C(O)C1O. The van der Waals surface area contributed by atoms with Crippen LogP contribution in [-0.2, 0) is 76.2 Å². The average molecular weight is 1420 g/mol. The second-order valence-electron chi connectivity index (χ2n) is 30.2. The molecule has 0 radical (unpaired) electrons. The third-order valence-electron chi connectivity index (χ3n) is 23.8. The molecule has 560 valence electrons. The number of hydrogen-bond donors (Lipinski definition) is 17. The molecule has 0 bridgehead atoms. The number of hydrogen-bond acceptors (Lipinski definition) is 32. The molecule has 33 unspecified atom stereocenters. The molecule has 0 aromatic heterocycles. The van der Waals surface area contributed by atoms with Crippen molar-refractivity contribution in [2.75, 3.05) is 19.8 Å². The Morgan fingerprint density at radius 1 is 0.546 bits per heavy atom. The molecule has 7 aliphatic heterocycles. The van der Waals surface area contributed by atoms with Gasteiger partial charge in [-0.05, 0) is 119 Å². The van der Waals surface area contributed by atoms with E-state index in [4.69, 9.17) is 65.8 Å². The Balaban J connectivity index is 0.864. The summed E-state index contributed by atoms with van der Waals surface area (Å²) in [4.78, 5) is 0. The fourth-order valence-corrected chi connectivity index (χ4v) is 18.2. The van der Waals surface area contributed by atoms with Crippen molar-refractivity contribution in [3.63, 3.8) is 0 Å². The fraction of sp³-hybridized carbons (Fsp3) is 0.968. The van der Waals surface area contributed by atoms with E-state index < -0.39 is 243 Å². The molecular weight excluding hydrogens is 1320 g/mol. The standard InChI is InChI=1S/C63H104O33S/c1-21(2)22(3)49-54(91-49)63(9,79)35-11-10-28-27-17-31(30-16-26(96-97(80,81)82)12-14-61(30,7)29(27)13-15-62(28,35)8)87-58-48(78)51(38(68)25(6)86-58)93-59-52(94-55-44(74)41(71)36(66)23(4)84-55)40(70)34(20-83-59)90-60-53(95-56-45(75)42(72)37(67)24(5)85-56)47(77)50(33(19-65)89-60)92-57-46(76)43(73)39(69)32(18-64)88-57/h13,21-28,30-60,64-79H,10-12,14-20H2,1-9H3,(H,80,81,82)/t22-,23?,24?,25?,26-,27?,28?,30+,31-,32?,33?,34?,35?,36?,37?,38?,39?,40?,41?,42?,43?,44?,45?,46?,47?,48?,49?,50?,51?,52?,53?,54+,55?,56?,57?,58?,59?,60?,61+,62-,63+/m0/s1. The van der Waals surface area contributed by atoms with Crippen molar-refractivity contribution in [1.29, 1.82) is 0 Å². The molecule has 33 nitrogen and oxygen atoms in total. The highest BCUT2D eigenvalue weighted by Gasteiger charge is 2.67. The minimum Gasteiger partial charge on any atom is -0.394 e. The van der Waals surface area contributed by atoms with Crippen LogP contribution < -0.4 is 0 Å². The first-order valence-electron chi connectivity index (χ1n) is 34.1. The first kappa shape index (κ1) is 76.6. The zero-order valence-corrected chi connectivity index (χ0v) is 56.5. The first-order valence-corrected chi connectivity index (χ1v) is 35.4. The van der Waals surface area contributed by atoms with Gasteiger partial charge in [0.1, 0.15) is 128 Å². The van der Waals surface area contributed by atoms with Gasteiger partial charge in [-0.25, -0.2) is 4.18 Å². The van der Waals surface area contributed by atoms with Crippen LogP contribution in [0, 0.1) is 46.3 Å². The zero-order chi connectivity index (χ0) is 70.8. The summed E-state index contributed by atoms with van der Waals surface area (Å²) in [5, 5.41) is 180. The minimum atomic E-state index is -4.91. The van der Waals surface area contributed by atoms with Crippen LogP contribution in [0.4, 0.5) is 0 Å². The van der Waals surface area contributed by atoms with E-state index in [9.17, 15) is 94.7 Å². The summed E-state index contributed by atoms with van der Waals surface area (Å²) < 4.78 is 120. The van der Waals surface area contributed by atoms with Crippen LogP contribution in [0.25, 0.3) is 0 Å². The van der Waals surface area contributed by atoms with Crippen LogP contribution in [0.15, 0.2) is 11.6 Å². The molecule has 0 amide bonds. The van der Waals surface area contributed by atoms with Gasteiger partial charge in [0.25, 0.3) is 0 Å². The monoisotopic (exact) mass is 1420 g/mol. The summed E-state index contributed by atoms with van der Waals surface area (Å²) >= 11 is 0. The molecule has 7 saturated heterocycles. The summed E-state index contributed by atoms with van der Waals surface area (Å²) in [7, 11) is -4.91. The minimum absolute atomic E-state index is 0.0268. The molecule has 11 aliphatic rings. The van der Waals surface area contributed by atoms with Crippen LogP contribution in [0.1, 0.15) is 107 Å². The van der Waals surface area contributed by atoms with Crippen LogP contribution in [0.5, 0.6) is 0 Å². The third-order valence-corrected chi connectivity index (χ3v) is 24.4. The molecule has 7 heterocycles. The van der Waals surface area contributed by atoms with Crippen LogP contribution in [0.2, 0.25) is 0 Å². The van der Waals surface area contributed by atoms with Gasteiger partial charge in [-0.3, -0.25) is 4.55 Å². The molecule has 41 atom stereocenters. The highest BCUT2D eigenvalue weighted by Crippen LogP contribution is 2.68. The van der Waals surface area contributed by atoms with Crippen molar-refractivity contribution >= 4 is 10.4 Å². The van der Waals surface area contributed by atoms with Crippen molar-refractivity contribution < 1.29 is 160 Å². The number of aliphatic hydroxyl groups excluding tert-OH is 15. The summed E-state index contributed by atoms with van der Waals surface area (Å²) in [6.07, 6.45) is -49.1. The normalized spacial score (nSPS) is 53.7. The number of aliphatic hydroxyl groups is 16. The van der Waals surface area contributed by atoms with Gasteiger partial charge < -0.3 is 143 Å². The number of rotatable bonds is 20. The summed E-state index contributed by atoms with van der Waals surface area (Å²) in [5.41, 5.74) is -1.05. The van der Waals surface area contributed by atoms with E-state index in [1.165, 1.54) is 26.3 Å². The topological polar surface area (TPSA) is 511 Å². The van der Waals surface area contributed by atoms with Crippen molar-refractivity contribution in [2.45, 2.75) is 315 Å². The number of epoxide rings is 1. The van der Waals surface area contributed by atoms with Crippen LogP contribution >= 0.6 is 0 Å². The Hall–Kier alpha value is -1.55. The van der Waals surface area contributed by atoms with E-state index in [1.807, 2.05) is 6.92 Å². The predicted molar refractivity (Wildman–Crippen MR) is 322 cm³/mol. The quantitative estimate of drug-likeness (QED) is 0.0309. The Bertz CT molecular complexity index is 2790. The molecule has 0 aromatic rings. The second-order valence-corrected chi connectivity index (χ2v) is 31.2. The third kappa shape index (κ3) is 14.6. The lowest BCUT2D eigenvalue weighted by atomic mass is 9.47. The largest absolute Gasteiger partial charge is 0.397 e. The van der Waals surface area contributed by atoms with Crippen molar-refractivity contribution in [1.82, 2.24) is 0 Å². The molecule has 11 rings (SSSR count). The maximum atomic E-state index is 12.6. The van der Waals surface area contributed by atoms with E-state index in [1.54, 1.807) is 0 Å². The molecule has 4 aliphatic carbocycles. The maximum absolute atomic E-state index is 12.6. The zero-order valence-electron chi connectivity index (χ0n) is 55.7. The van der Waals surface area contributed by atoms with E-state index in [0.717, 1.165) is 6.42 Å². The first-order chi connectivity index (χ1) is 45.4. The Labute approximate surface area is 562 Å². The second kappa shape index (κ2) is 29.4. The number of allylic oxidation sites excluding steroid dienone is 2. The lowest BCUT2D eigenvalue weighted by Gasteiger charge is -2.60. The average Bonchev–Trinajstić information content (AvgIpc) is 1.65. The van der Waals surface area contributed by atoms with Crippen molar-refractivity contribution in [3.05, 3.63) is 11.6 Å². The van der Waals surface area contributed by atoms with Gasteiger partial charge in [0.2, 0.25) is 0 Å². The van der Waals surface area contributed by atoms with Gasteiger partial charge in [0.15, 0.2) is 37.7 Å². The van der Waals surface area contributed by atoms with Crippen molar-refractivity contribution in [3.8, 4) is 0 Å². The Morgan fingerprint density at radius 3 is 1.64 bits per heavy atom.